The number of anilines is 2. The molecule has 0 unspecified atom stereocenters. The van der Waals surface area contributed by atoms with Crippen molar-refractivity contribution in [1.82, 2.24) is 15.2 Å². The maximum Gasteiger partial charge on any atom is 0.238 e. The third kappa shape index (κ3) is 3.12. The Labute approximate surface area is 147 Å². The molecule has 0 bridgehead atoms. The molecule has 7 nitrogen and oxygen atoms in total. The SMILES string of the molecule is NS(=O)(=O)c1ccc(Nc2nc3n[nH]c(-c4ccccc4)c3s2)cc1. The van der Waals surface area contributed by atoms with Crippen LogP contribution in [0.4, 0.5) is 10.8 Å². The van der Waals surface area contributed by atoms with Gasteiger partial charge in [-0.1, -0.05) is 41.7 Å². The molecule has 2 aromatic carbocycles. The van der Waals surface area contributed by atoms with Crippen LogP contribution in [0.5, 0.6) is 0 Å². The second kappa shape index (κ2) is 5.96. The van der Waals surface area contributed by atoms with Crippen LogP contribution >= 0.6 is 11.3 Å². The van der Waals surface area contributed by atoms with E-state index in [1.165, 1.54) is 23.5 Å². The van der Waals surface area contributed by atoms with E-state index in [9.17, 15) is 8.42 Å². The fourth-order valence-electron chi connectivity index (χ4n) is 2.42. The van der Waals surface area contributed by atoms with Gasteiger partial charge in [0.15, 0.2) is 10.8 Å². The predicted molar refractivity (Wildman–Crippen MR) is 98.3 cm³/mol. The van der Waals surface area contributed by atoms with Crippen LogP contribution in [-0.2, 0) is 10.0 Å². The monoisotopic (exact) mass is 371 g/mol. The van der Waals surface area contributed by atoms with Gasteiger partial charge in [0.25, 0.3) is 0 Å². The first-order valence-electron chi connectivity index (χ1n) is 7.31. The summed E-state index contributed by atoms with van der Waals surface area (Å²) in [5, 5.41) is 16.2. The maximum absolute atomic E-state index is 11.3. The summed E-state index contributed by atoms with van der Waals surface area (Å²) < 4.78 is 23.5. The lowest BCUT2D eigenvalue weighted by Crippen LogP contribution is -2.11. The Bertz CT molecular complexity index is 1130. The van der Waals surface area contributed by atoms with Gasteiger partial charge < -0.3 is 5.32 Å². The van der Waals surface area contributed by atoms with E-state index in [0.717, 1.165) is 16.0 Å². The molecule has 0 aliphatic carbocycles. The van der Waals surface area contributed by atoms with Gasteiger partial charge in [-0.15, -0.1) is 0 Å². The smallest absolute Gasteiger partial charge is 0.238 e. The lowest BCUT2D eigenvalue weighted by Gasteiger charge is -2.03. The van der Waals surface area contributed by atoms with Gasteiger partial charge in [0.2, 0.25) is 10.0 Å². The highest BCUT2D eigenvalue weighted by molar-refractivity contribution is 7.89. The second-order valence-corrected chi connectivity index (χ2v) is 7.89. The predicted octanol–water partition coefficient (Wildman–Crippen LogP) is 3.08. The summed E-state index contributed by atoms with van der Waals surface area (Å²) in [6, 6.07) is 16.1. The number of sulfonamides is 1. The molecule has 2 aromatic heterocycles. The summed E-state index contributed by atoms with van der Waals surface area (Å²) in [4.78, 5) is 4.52. The molecule has 0 amide bonds. The zero-order valence-electron chi connectivity index (χ0n) is 12.8. The lowest BCUT2D eigenvalue weighted by molar-refractivity contribution is 0.598. The van der Waals surface area contributed by atoms with Gasteiger partial charge in [0.1, 0.15) is 4.70 Å². The Morgan fingerprint density at radius 3 is 2.44 bits per heavy atom. The van der Waals surface area contributed by atoms with E-state index in [1.54, 1.807) is 12.1 Å². The molecule has 9 heteroatoms. The minimum absolute atomic E-state index is 0.0681. The molecule has 4 rings (SSSR count). The Morgan fingerprint density at radius 2 is 1.76 bits per heavy atom. The van der Waals surface area contributed by atoms with Crippen molar-refractivity contribution in [3.8, 4) is 11.3 Å². The van der Waals surface area contributed by atoms with Crippen LogP contribution < -0.4 is 10.5 Å². The Kier molecular flexibility index (Phi) is 3.75. The fourth-order valence-corrected chi connectivity index (χ4v) is 3.87. The third-order valence-corrected chi connectivity index (χ3v) is 5.51. The molecule has 126 valence electrons. The summed E-state index contributed by atoms with van der Waals surface area (Å²) in [5.74, 6) is 0. The average molecular weight is 371 g/mol. The lowest BCUT2D eigenvalue weighted by atomic mass is 10.2. The van der Waals surface area contributed by atoms with Gasteiger partial charge in [-0.25, -0.2) is 13.6 Å². The van der Waals surface area contributed by atoms with Crippen LogP contribution in [0.25, 0.3) is 21.6 Å². The molecule has 25 heavy (non-hydrogen) atoms. The van der Waals surface area contributed by atoms with Crippen LogP contribution in [0.2, 0.25) is 0 Å². The van der Waals surface area contributed by atoms with Crippen molar-refractivity contribution in [3.05, 3.63) is 54.6 Å². The number of thiazole rings is 1. The number of aromatic nitrogens is 3. The second-order valence-electron chi connectivity index (χ2n) is 5.33. The van der Waals surface area contributed by atoms with Crippen LogP contribution in [0, 0.1) is 0 Å². The highest BCUT2D eigenvalue weighted by atomic mass is 32.2. The van der Waals surface area contributed by atoms with Gasteiger partial charge in [-0.3, -0.25) is 5.10 Å². The number of hydrogen-bond acceptors (Lipinski definition) is 6. The number of aromatic amines is 1. The van der Waals surface area contributed by atoms with Crippen molar-refractivity contribution >= 4 is 42.5 Å². The van der Waals surface area contributed by atoms with Gasteiger partial charge in [0.05, 0.1) is 10.6 Å². The van der Waals surface area contributed by atoms with Gasteiger partial charge in [0, 0.05) is 11.3 Å². The molecule has 0 atom stereocenters. The molecule has 4 aromatic rings. The molecule has 0 radical (unpaired) electrons. The van der Waals surface area contributed by atoms with Crippen LogP contribution in [-0.4, -0.2) is 23.6 Å². The summed E-state index contributed by atoms with van der Waals surface area (Å²) in [7, 11) is -3.70. The zero-order chi connectivity index (χ0) is 17.4. The van der Waals surface area contributed by atoms with Crippen LogP contribution in [0.1, 0.15) is 0 Å². The number of nitrogens with two attached hydrogens (primary N) is 1. The minimum atomic E-state index is -3.70. The number of hydrogen-bond donors (Lipinski definition) is 3. The molecule has 0 saturated heterocycles. The van der Waals surface area contributed by atoms with Gasteiger partial charge >= 0.3 is 0 Å². The summed E-state index contributed by atoms with van der Waals surface area (Å²) in [5.41, 5.74) is 3.31. The average Bonchev–Trinajstić information content (AvgIpc) is 3.15. The molecule has 2 heterocycles. The number of primary sulfonamides is 1. The molecule has 0 saturated carbocycles. The van der Waals surface area contributed by atoms with E-state index >= 15 is 0 Å². The number of nitrogens with zero attached hydrogens (tertiary/aromatic N) is 2. The Morgan fingerprint density at radius 1 is 1.04 bits per heavy atom. The first-order valence-corrected chi connectivity index (χ1v) is 9.67. The van der Waals surface area contributed by atoms with Crippen LogP contribution in [0.15, 0.2) is 59.5 Å². The van der Waals surface area contributed by atoms with Gasteiger partial charge in [-0.2, -0.15) is 10.1 Å². The normalized spacial score (nSPS) is 11.7. The zero-order valence-corrected chi connectivity index (χ0v) is 14.4. The highest BCUT2D eigenvalue weighted by Crippen LogP contribution is 2.34. The van der Waals surface area contributed by atoms with E-state index in [4.69, 9.17) is 5.14 Å². The van der Waals surface area contributed by atoms with Crippen molar-refractivity contribution in [1.29, 1.82) is 0 Å². The molecular weight excluding hydrogens is 358 g/mol. The molecule has 0 fully saturated rings. The quantitative estimate of drug-likeness (QED) is 0.510. The van der Waals surface area contributed by atoms with E-state index < -0.39 is 10.0 Å². The van der Waals surface area contributed by atoms with E-state index in [-0.39, 0.29) is 4.90 Å². The summed E-state index contributed by atoms with van der Waals surface area (Å²) >= 11 is 1.47. The molecular formula is C16H13N5O2S2. The number of rotatable bonds is 4. The standard InChI is InChI=1S/C16H13N5O2S2/c17-25(22,23)12-8-6-11(7-9-12)18-16-19-15-14(24-16)13(20-21-15)10-4-2-1-3-5-10/h1-9H,(H2,17,22,23)(H2,18,19,20,21). The van der Waals surface area contributed by atoms with Crippen molar-refractivity contribution in [2.75, 3.05) is 5.32 Å². The molecule has 0 aliphatic heterocycles. The maximum atomic E-state index is 11.3. The van der Waals surface area contributed by atoms with E-state index in [1.807, 2.05) is 30.3 Å². The first kappa shape index (κ1) is 15.8. The fraction of sp³-hybridized carbons (Fsp3) is 0. The number of H-pyrrole nitrogens is 1. The Hall–Kier alpha value is -2.75. The van der Waals surface area contributed by atoms with Crippen molar-refractivity contribution in [2.24, 2.45) is 5.14 Å². The Balaban J connectivity index is 1.64. The van der Waals surface area contributed by atoms with E-state index in [2.05, 4.69) is 20.5 Å². The third-order valence-electron chi connectivity index (χ3n) is 3.61. The van der Waals surface area contributed by atoms with E-state index in [0.29, 0.717) is 16.5 Å². The van der Waals surface area contributed by atoms with Crippen LogP contribution in [0.3, 0.4) is 0 Å². The first-order chi connectivity index (χ1) is 12.0. The summed E-state index contributed by atoms with van der Waals surface area (Å²) in [6.45, 7) is 0. The van der Waals surface area contributed by atoms with Crippen molar-refractivity contribution in [2.45, 2.75) is 4.90 Å². The number of nitrogens with one attached hydrogen (secondary N) is 2. The molecule has 0 spiro atoms. The molecule has 0 aliphatic rings. The number of benzene rings is 2. The highest BCUT2D eigenvalue weighted by Gasteiger charge is 2.14. The summed E-state index contributed by atoms with van der Waals surface area (Å²) in [6.07, 6.45) is 0. The van der Waals surface area contributed by atoms with Gasteiger partial charge in [-0.05, 0) is 24.3 Å². The molecule has 4 N–H and O–H groups in total. The number of fused-ring (bicyclic) bond motifs is 1. The topological polar surface area (TPSA) is 114 Å². The van der Waals surface area contributed by atoms with Crippen molar-refractivity contribution in [3.63, 3.8) is 0 Å². The van der Waals surface area contributed by atoms with Crippen molar-refractivity contribution < 1.29 is 8.42 Å². The largest absolute Gasteiger partial charge is 0.331 e. The minimum Gasteiger partial charge on any atom is -0.331 e.